The number of nitrogens with one attached hydrogen (secondary N) is 1. The highest BCUT2D eigenvalue weighted by molar-refractivity contribution is 5.56. The van der Waals surface area contributed by atoms with Crippen LogP contribution in [0.3, 0.4) is 0 Å². The Balaban J connectivity index is 2.16. The summed E-state index contributed by atoms with van der Waals surface area (Å²) < 4.78 is 11.1. The first kappa shape index (κ1) is 16.9. The molecule has 0 saturated heterocycles. The van der Waals surface area contributed by atoms with E-state index in [1.807, 2.05) is 31.2 Å². The van der Waals surface area contributed by atoms with E-state index >= 15 is 0 Å². The van der Waals surface area contributed by atoms with E-state index in [9.17, 15) is 5.26 Å². The fraction of sp³-hybridized carbons (Fsp3) is 0.368. The Bertz CT molecular complexity index is 851. The second-order valence-corrected chi connectivity index (χ2v) is 6.99. The molecule has 1 aromatic carbocycles. The summed E-state index contributed by atoms with van der Waals surface area (Å²) in [6, 6.07) is 9.91. The Hall–Kier alpha value is -2.94. The van der Waals surface area contributed by atoms with Crippen LogP contribution in [-0.2, 0) is 5.41 Å². The van der Waals surface area contributed by atoms with Crippen molar-refractivity contribution in [3.8, 4) is 17.7 Å². The molecule has 2 aromatic rings. The van der Waals surface area contributed by atoms with Gasteiger partial charge in [-0.3, -0.25) is 5.10 Å². The standard InChI is InChI=1S/C19H22N4O2/c1-5-24-12-8-6-11(7-9-12)14-13(10-20)17(21)25-18-15(14)16(22-23-18)19(2,3)4/h6-9,14H,5,21H2,1-4H3,(H,22,23)/t14-/m0/s1. The molecular formula is C19H22N4O2. The monoisotopic (exact) mass is 338 g/mol. The average molecular weight is 338 g/mol. The van der Waals surface area contributed by atoms with Gasteiger partial charge >= 0.3 is 0 Å². The molecule has 0 unspecified atom stereocenters. The molecule has 0 amide bonds. The third-order valence-electron chi connectivity index (χ3n) is 4.21. The van der Waals surface area contributed by atoms with Crippen molar-refractivity contribution in [3.05, 3.63) is 52.5 Å². The Morgan fingerprint density at radius 2 is 2.00 bits per heavy atom. The summed E-state index contributed by atoms with van der Waals surface area (Å²) in [6.45, 7) is 8.81. The van der Waals surface area contributed by atoms with Gasteiger partial charge in [0, 0.05) is 11.1 Å². The second-order valence-electron chi connectivity index (χ2n) is 6.99. The molecule has 0 bridgehead atoms. The van der Waals surface area contributed by atoms with Gasteiger partial charge in [0.1, 0.15) is 17.4 Å². The first-order valence-electron chi connectivity index (χ1n) is 8.26. The molecule has 25 heavy (non-hydrogen) atoms. The van der Waals surface area contributed by atoms with Gasteiger partial charge in [0.15, 0.2) is 0 Å². The van der Waals surface area contributed by atoms with Crippen LogP contribution in [0.1, 0.15) is 50.4 Å². The number of aromatic nitrogens is 2. The Morgan fingerprint density at radius 1 is 1.32 bits per heavy atom. The lowest BCUT2D eigenvalue weighted by Crippen LogP contribution is -2.23. The topological polar surface area (TPSA) is 96.9 Å². The van der Waals surface area contributed by atoms with Crippen LogP contribution in [0.2, 0.25) is 0 Å². The molecule has 130 valence electrons. The number of hydrogen-bond donors (Lipinski definition) is 2. The molecule has 1 aromatic heterocycles. The van der Waals surface area contributed by atoms with Crippen LogP contribution in [0.25, 0.3) is 0 Å². The first-order valence-corrected chi connectivity index (χ1v) is 8.26. The van der Waals surface area contributed by atoms with E-state index in [1.54, 1.807) is 0 Å². The van der Waals surface area contributed by atoms with Gasteiger partial charge < -0.3 is 15.2 Å². The molecule has 1 atom stereocenters. The highest BCUT2D eigenvalue weighted by Crippen LogP contribution is 2.45. The van der Waals surface area contributed by atoms with Crippen molar-refractivity contribution in [3.63, 3.8) is 0 Å². The quantitative estimate of drug-likeness (QED) is 0.895. The summed E-state index contributed by atoms with van der Waals surface area (Å²) in [5, 5.41) is 17.0. The van der Waals surface area contributed by atoms with Crippen LogP contribution in [0, 0.1) is 11.3 Å². The predicted octanol–water partition coefficient (Wildman–Crippen LogP) is 3.32. The number of rotatable bonds is 3. The Labute approximate surface area is 147 Å². The Kier molecular flexibility index (Phi) is 4.17. The zero-order valence-electron chi connectivity index (χ0n) is 14.9. The van der Waals surface area contributed by atoms with E-state index in [0.29, 0.717) is 18.1 Å². The molecule has 3 N–H and O–H groups in total. The molecule has 0 aliphatic carbocycles. The van der Waals surface area contributed by atoms with Gasteiger partial charge in [0.2, 0.25) is 11.8 Å². The molecule has 1 aliphatic heterocycles. The van der Waals surface area contributed by atoms with Crippen molar-refractivity contribution in [2.45, 2.75) is 39.0 Å². The maximum Gasteiger partial charge on any atom is 0.244 e. The number of aromatic amines is 1. The maximum atomic E-state index is 9.67. The largest absolute Gasteiger partial charge is 0.494 e. The summed E-state index contributed by atoms with van der Waals surface area (Å²) in [4.78, 5) is 0. The SMILES string of the molecule is CCOc1ccc([C@H]2C(C#N)=C(N)Oc3n[nH]c(C(C)(C)C)c32)cc1. The molecule has 0 spiro atoms. The average Bonchev–Trinajstić information content (AvgIpc) is 2.98. The number of ether oxygens (including phenoxy) is 2. The van der Waals surface area contributed by atoms with Gasteiger partial charge in [-0.15, -0.1) is 5.10 Å². The van der Waals surface area contributed by atoms with Crippen molar-refractivity contribution in [2.24, 2.45) is 5.73 Å². The van der Waals surface area contributed by atoms with Gasteiger partial charge in [0.25, 0.3) is 0 Å². The summed E-state index contributed by atoms with van der Waals surface area (Å²) >= 11 is 0. The number of nitrogens with zero attached hydrogens (tertiary/aromatic N) is 2. The number of nitrogens with two attached hydrogens (primary N) is 1. The summed E-state index contributed by atoms with van der Waals surface area (Å²) in [5.74, 6) is 0.996. The fourth-order valence-corrected chi connectivity index (χ4v) is 3.07. The van der Waals surface area contributed by atoms with Crippen LogP contribution < -0.4 is 15.2 Å². The third-order valence-corrected chi connectivity index (χ3v) is 4.21. The van der Waals surface area contributed by atoms with Crippen molar-refractivity contribution >= 4 is 0 Å². The minimum atomic E-state index is -0.322. The van der Waals surface area contributed by atoms with Gasteiger partial charge in [-0.25, -0.2) is 0 Å². The van der Waals surface area contributed by atoms with Crippen LogP contribution >= 0.6 is 0 Å². The number of benzene rings is 1. The van der Waals surface area contributed by atoms with E-state index in [0.717, 1.165) is 22.6 Å². The number of fused-ring (bicyclic) bond motifs is 1. The van der Waals surface area contributed by atoms with Crippen LogP contribution in [0.15, 0.2) is 35.7 Å². The van der Waals surface area contributed by atoms with E-state index in [-0.39, 0.29) is 17.2 Å². The molecule has 0 fully saturated rings. The lowest BCUT2D eigenvalue weighted by molar-refractivity contribution is 0.340. The minimum absolute atomic E-state index is 0.0980. The summed E-state index contributed by atoms with van der Waals surface area (Å²) in [5.41, 5.74) is 8.94. The van der Waals surface area contributed by atoms with Gasteiger partial charge in [-0.2, -0.15) is 5.26 Å². The molecule has 2 heterocycles. The number of hydrogen-bond acceptors (Lipinski definition) is 5. The van der Waals surface area contributed by atoms with Crippen LogP contribution in [0.4, 0.5) is 0 Å². The highest BCUT2D eigenvalue weighted by atomic mass is 16.5. The van der Waals surface area contributed by atoms with Gasteiger partial charge in [-0.05, 0) is 24.6 Å². The lowest BCUT2D eigenvalue weighted by atomic mass is 9.79. The molecule has 1 aliphatic rings. The fourth-order valence-electron chi connectivity index (χ4n) is 3.07. The molecule has 3 rings (SSSR count). The summed E-state index contributed by atoms with van der Waals surface area (Å²) in [7, 11) is 0. The van der Waals surface area contributed by atoms with Gasteiger partial charge in [0.05, 0.1) is 18.1 Å². The van der Waals surface area contributed by atoms with Crippen molar-refractivity contribution < 1.29 is 9.47 Å². The number of H-pyrrole nitrogens is 1. The first-order chi connectivity index (χ1) is 11.9. The van der Waals surface area contributed by atoms with E-state index < -0.39 is 0 Å². The highest BCUT2D eigenvalue weighted by Gasteiger charge is 2.37. The normalized spacial score (nSPS) is 16.8. The number of nitriles is 1. The van der Waals surface area contributed by atoms with Crippen LogP contribution in [-0.4, -0.2) is 16.8 Å². The minimum Gasteiger partial charge on any atom is -0.494 e. The van der Waals surface area contributed by atoms with E-state index in [2.05, 4.69) is 37.0 Å². The zero-order valence-corrected chi connectivity index (χ0v) is 14.9. The molecule has 0 saturated carbocycles. The predicted molar refractivity (Wildman–Crippen MR) is 94.2 cm³/mol. The molecule has 0 radical (unpaired) electrons. The van der Waals surface area contributed by atoms with Crippen LogP contribution in [0.5, 0.6) is 11.6 Å². The number of allylic oxidation sites excluding steroid dienone is 1. The lowest BCUT2D eigenvalue weighted by Gasteiger charge is -2.27. The van der Waals surface area contributed by atoms with E-state index in [1.165, 1.54) is 0 Å². The molecule has 6 heteroatoms. The van der Waals surface area contributed by atoms with Crippen molar-refractivity contribution in [1.29, 1.82) is 5.26 Å². The molecule has 6 nitrogen and oxygen atoms in total. The van der Waals surface area contributed by atoms with Crippen molar-refractivity contribution in [1.82, 2.24) is 10.2 Å². The Morgan fingerprint density at radius 3 is 2.56 bits per heavy atom. The third kappa shape index (κ3) is 2.93. The van der Waals surface area contributed by atoms with Gasteiger partial charge in [-0.1, -0.05) is 32.9 Å². The summed E-state index contributed by atoms with van der Waals surface area (Å²) in [6.07, 6.45) is 0. The zero-order chi connectivity index (χ0) is 18.2. The maximum absolute atomic E-state index is 9.67. The molecular weight excluding hydrogens is 316 g/mol. The van der Waals surface area contributed by atoms with Crippen molar-refractivity contribution in [2.75, 3.05) is 6.61 Å². The second kappa shape index (κ2) is 6.17. The smallest absolute Gasteiger partial charge is 0.244 e. The van der Waals surface area contributed by atoms with E-state index in [4.69, 9.17) is 15.2 Å².